The molecule has 6 heteroatoms. The molecule has 2 aromatic heterocycles. The van der Waals surface area contributed by atoms with Gasteiger partial charge in [0, 0.05) is 11.8 Å². The summed E-state index contributed by atoms with van der Waals surface area (Å²) >= 11 is 1.44. The average molecular weight is 326 g/mol. The van der Waals surface area contributed by atoms with Crippen molar-refractivity contribution in [3.8, 4) is 11.6 Å². The maximum Gasteiger partial charge on any atom is 0.319 e. The Morgan fingerprint density at radius 3 is 2.78 bits per heavy atom. The molecule has 1 aliphatic heterocycles. The molecule has 0 aliphatic carbocycles. The molecule has 0 amide bonds. The van der Waals surface area contributed by atoms with Crippen LogP contribution in [0.1, 0.15) is 13.3 Å². The lowest BCUT2D eigenvalue weighted by Crippen LogP contribution is -2.10. The molecule has 0 bridgehead atoms. The molecule has 0 spiro atoms. The third kappa shape index (κ3) is 2.70. The van der Waals surface area contributed by atoms with Crippen molar-refractivity contribution in [3.63, 3.8) is 0 Å². The number of rotatable bonds is 3. The third-order valence-corrected chi connectivity index (χ3v) is 4.89. The largest absolute Gasteiger partial charge is 0.462 e. The van der Waals surface area contributed by atoms with Gasteiger partial charge >= 0.3 is 5.97 Å². The standard InChI is InChI=1S/C17H14N2O3S/c1-10-9-14(17(20)22-10)23-16-11-5-2-3-6-12(11)18-15(19-16)13-7-4-8-21-13/h2-8,10,14H,9H2,1H3/t10-,14-/m0/s1. The topological polar surface area (TPSA) is 65.2 Å². The van der Waals surface area contributed by atoms with Crippen LogP contribution in [0.3, 0.4) is 0 Å². The molecule has 4 rings (SSSR count). The second-order valence-electron chi connectivity index (χ2n) is 5.44. The first-order chi connectivity index (χ1) is 11.2. The van der Waals surface area contributed by atoms with E-state index in [2.05, 4.69) is 9.97 Å². The molecule has 1 aromatic carbocycles. The number of fused-ring (bicyclic) bond motifs is 1. The van der Waals surface area contributed by atoms with Crippen LogP contribution >= 0.6 is 11.8 Å². The van der Waals surface area contributed by atoms with Gasteiger partial charge in [-0.1, -0.05) is 30.0 Å². The number of carbonyl (C=O) groups excluding carboxylic acids is 1. The highest BCUT2D eigenvalue weighted by Crippen LogP contribution is 2.35. The number of carbonyl (C=O) groups is 1. The Morgan fingerprint density at radius 2 is 2.04 bits per heavy atom. The average Bonchev–Trinajstić information content (AvgIpc) is 3.17. The van der Waals surface area contributed by atoms with Gasteiger partial charge in [0.1, 0.15) is 16.4 Å². The van der Waals surface area contributed by atoms with Crippen molar-refractivity contribution in [1.82, 2.24) is 9.97 Å². The van der Waals surface area contributed by atoms with E-state index in [0.29, 0.717) is 18.0 Å². The number of thioether (sulfide) groups is 1. The van der Waals surface area contributed by atoms with Crippen LogP contribution in [0.2, 0.25) is 0 Å². The first kappa shape index (κ1) is 14.3. The van der Waals surface area contributed by atoms with E-state index in [9.17, 15) is 4.79 Å². The lowest BCUT2D eigenvalue weighted by Gasteiger charge is -2.09. The van der Waals surface area contributed by atoms with Gasteiger partial charge in [-0.05, 0) is 25.1 Å². The van der Waals surface area contributed by atoms with Crippen LogP contribution in [-0.4, -0.2) is 27.3 Å². The van der Waals surface area contributed by atoms with Gasteiger partial charge in [-0.15, -0.1) is 0 Å². The minimum absolute atomic E-state index is 0.0438. The van der Waals surface area contributed by atoms with Gasteiger partial charge in [0.05, 0.1) is 11.8 Å². The Kier molecular flexibility index (Phi) is 3.53. The first-order valence-corrected chi connectivity index (χ1v) is 8.26. The molecule has 3 heterocycles. The van der Waals surface area contributed by atoms with Gasteiger partial charge in [0.25, 0.3) is 0 Å². The second kappa shape index (κ2) is 5.70. The second-order valence-corrected chi connectivity index (χ2v) is 6.63. The van der Waals surface area contributed by atoms with Gasteiger partial charge in [-0.2, -0.15) is 0 Å². The number of aromatic nitrogens is 2. The molecule has 116 valence electrons. The smallest absolute Gasteiger partial charge is 0.319 e. The summed E-state index contributed by atoms with van der Waals surface area (Å²) < 4.78 is 10.6. The quantitative estimate of drug-likeness (QED) is 0.540. The Balaban J connectivity index is 1.79. The fraction of sp³-hybridized carbons (Fsp3) is 0.235. The number of hydrogen-bond donors (Lipinski definition) is 0. The first-order valence-electron chi connectivity index (χ1n) is 7.38. The maximum atomic E-state index is 11.9. The molecule has 0 saturated carbocycles. The van der Waals surface area contributed by atoms with E-state index in [1.807, 2.05) is 37.3 Å². The predicted molar refractivity (Wildman–Crippen MR) is 87.1 cm³/mol. The summed E-state index contributed by atoms with van der Waals surface area (Å²) in [7, 11) is 0. The van der Waals surface area contributed by atoms with Crippen LogP contribution < -0.4 is 0 Å². The Bertz CT molecular complexity index is 863. The van der Waals surface area contributed by atoms with E-state index < -0.39 is 0 Å². The number of cyclic esters (lactones) is 1. The number of hydrogen-bond acceptors (Lipinski definition) is 6. The molecule has 5 nitrogen and oxygen atoms in total. The number of benzene rings is 1. The molecular weight excluding hydrogens is 312 g/mol. The molecule has 0 unspecified atom stereocenters. The van der Waals surface area contributed by atoms with E-state index >= 15 is 0 Å². The van der Waals surface area contributed by atoms with Crippen molar-refractivity contribution < 1.29 is 13.9 Å². The van der Waals surface area contributed by atoms with Crippen LogP contribution in [0.15, 0.2) is 52.1 Å². The van der Waals surface area contributed by atoms with E-state index in [0.717, 1.165) is 15.9 Å². The van der Waals surface area contributed by atoms with Gasteiger partial charge in [0.15, 0.2) is 11.6 Å². The zero-order valence-electron chi connectivity index (χ0n) is 12.4. The summed E-state index contributed by atoms with van der Waals surface area (Å²) in [6, 6.07) is 11.4. The molecule has 1 aliphatic rings. The van der Waals surface area contributed by atoms with Crippen molar-refractivity contribution in [3.05, 3.63) is 42.7 Å². The predicted octanol–water partition coefficient (Wildman–Crippen LogP) is 3.69. The van der Waals surface area contributed by atoms with Crippen molar-refractivity contribution in [2.24, 2.45) is 0 Å². The van der Waals surface area contributed by atoms with Crippen molar-refractivity contribution in [2.75, 3.05) is 0 Å². The van der Waals surface area contributed by atoms with Crippen LogP contribution in [0, 0.1) is 0 Å². The van der Waals surface area contributed by atoms with Crippen LogP contribution in [0.4, 0.5) is 0 Å². The maximum absolute atomic E-state index is 11.9. The fourth-order valence-electron chi connectivity index (χ4n) is 2.60. The third-order valence-electron chi connectivity index (χ3n) is 3.69. The van der Waals surface area contributed by atoms with Crippen molar-refractivity contribution in [1.29, 1.82) is 0 Å². The van der Waals surface area contributed by atoms with Crippen molar-refractivity contribution >= 4 is 28.6 Å². The summed E-state index contributed by atoms with van der Waals surface area (Å²) in [5.41, 5.74) is 0.829. The van der Waals surface area contributed by atoms with E-state index in [1.165, 1.54) is 11.8 Å². The highest BCUT2D eigenvalue weighted by Gasteiger charge is 2.33. The zero-order valence-corrected chi connectivity index (χ0v) is 13.2. The van der Waals surface area contributed by atoms with Gasteiger partial charge in [0.2, 0.25) is 0 Å². The highest BCUT2D eigenvalue weighted by atomic mass is 32.2. The Morgan fingerprint density at radius 1 is 1.17 bits per heavy atom. The van der Waals surface area contributed by atoms with Crippen LogP contribution in [0.25, 0.3) is 22.5 Å². The number of para-hydroxylation sites is 1. The SMILES string of the molecule is C[C@H]1C[C@H](Sc2nc(-c3ccco3)nc3ccccc23)C(=O)O1. The Labute approximate surface area is 137 Å². The summed E-state index contributed by atoms with van der Waals surface area (Å²) in [5, 5.41) is 1.48. The molecule has 1 saturated heterocycles. The number of furan rings is 1. The molecule has 1 fully saturated rings. The summed E-state index contributed by atoms with van der Waals surface area (Å²) in [6.45, 7) is 1.91. The molecule has 3 aromatic rings. The number of nitrogens with zero attached hydrogens (tertiary/aromatic N) is 2. The van der Waals surface area contributed by atoms with E-state index in [-0.39, 0.29) is 17.3 Å². The normalized spacial score (nSPS) is 20.8. The van der Waals surface area contributed by atoms with E-state index in [4.69, 9.17) is 9.15 Å². The lowest BCUT2D eigenvalue weighted by atomic mass is 10.2. The molecule has 2 atom stereocenters. The monoisotopic (exact) mass is 326 g/mol. The number of esters is 1. The molecule has 0 radical (unpaired) electrons. The fourth-order valence-corrected chi connectivity index (χ4v) is 3.83. The molecule has 23 heavy (non-hydrogen) atoms. The van der Waals surface area contributed by atoms with E-state index in [1.54, 1.807) is 12.3 Å². The number of ether oxygens (including phenoxy) is 1. The van der Waals surface area contributed by atoms with Crippen LogP contribution in [-0.2, 0) is 9.53 Å². The summed E-state index contributed by atoms with van der Waals surface area (Å²) in [5.74, 6) is 0.959. The zero-order chi connectivity index (χ0) is 15.8. The van der Waals surface area contributed by atoms with Gasteiger partial charge in [-0.3, -0.25) is 4.79 Å². The van der Waals surface area contributed by atoms with Gasteiger partial charge < -0.3 is 9.15 Å². The minimum atomic E-state index is -0.229. The highest BCUT2D eigenvalue weighted by molar-refractivity contribution is 8.00. The lowest BCUT2D eigenvalue weighted by molar-refractivity contribution is -0.140. The van der Waals surface area contributed by atoms with Crippen molar-refractivity contribution in [2.45, 2.75) is 29.7 Å². The minimum Gasteiger partial charge on any atom is -0.462 e. The van der Waals surface area contributed by atoms with Gasteiger partial charge in [-0.25, -0.2) is 9.97 Å². The Hall–Kier alpha value is -2.34. The summed E-state index contributed by atoms with van der Waals surface area (Å²) in [6.07, 6.45) is 2.24. The summed E-state index contributed by atoms with van der Waals surface area (Å²) in [4.78, 5) is 21.1. The molecule has 0 N–H and O–H groups in total. The van der Waals surface area contributed by atoms with Crippen LogP contribution in [0.5, 0.6) is 0 Å². The molecular formula is C17H14N2O3S.